The summed E-state index contributed by atoms with van der Waals surface area (Å²) >= 11 is 0. The van der Waals surface area contributed by atoms with Gasteiger partial charge in [-0.3, -0.25) is 9.59 Å². The lowest BCUT2D eigenvalue weighted by Crippen LogP contribution is -2.41. The summed E-state index contributed by atoms with van der Waals surface area (Å²) in [7, 11) is 0. The number of rotatable bonds is 7. The molecular formula is C12H21NO4. The van der Waals surface area contributed by atoms with Gasteiger partial charge in [-0.15, -0.1) is 0 Å². The highest BCUT2D eigenvalue weighted by molar-refractivity contribution is 5.80. The number of ether oxygens (including phenoxy) is 1. The molecule has 17 heavy (non-hydrogen) atoms. The standard InChI is InChI=1S/C12H21NO4/c1-2-17-11(15)6-7-13(8-9-14)12(16)10-4-3-5-10/h10,14H,2-9H2,1H3. The number of aliphatic hydroxyl groups excluding tert-OH is 1. The van der Waals surface area contributed by atoms with Crippen LogP contribution in [0.1, 0.15) is 32.6 Å². The Kier molecular flexibility index (Phi) is 5.97. The van der Waals surface area contributed by atoms with Crippen LogP contribution < -0.4 is 0 Å². The normalized spacial score (nSPS) is 15.2. The van der Waals surface area contributed by atoms with Crippen molar-refractivity contribution in [2.45, 2.75) is 32.6 Å². The number of amides is 1. The Morgan fingerprint density at radius 1 is 1.35 bits per heavy atom. The Labute approximate surface area is 102 Å². The summed E-state index contributed by atoms with van der Waals surface area (Å²) in [5.74, 6) is -0.129. The molecule has 1 amide bonds. The minimum absolute atomic E-state index is 0.0644. The predicted octanol–water partition coefficient (Wildman–Crippen LogP) is 0.561. The summed E-state index contributed by atoms with van der Waals surface area (Å²) in [6.45, 7) is 2.68. The van der Waals surface area contributed by atoms with Crippen molar-refractivity contribution < 1.29 is 19.4 Å². The van der Waals surface area contributed by atoms with E-state index in [0.717, 1.165) is 19.3 Å². The van der Waals surface area contributed by atoms with Crippen molar-refractivity contribution >= 4 is 11.9 Å². The summed E-state index contributed by atoms with van der Waals surface area (Å²) < 4.78 is 4.81. The van der Waals surface area contributed by atoms with Crippen molar-refractivity contribution in [3.63, 3.8) is 0 Å². The highest BCUT2D eigenvalue weighted by Gasteiger charge is 2.29. The first-order valence-electron chi connectivity index (χ1n) is 6.24. The molecule has 1 aliphatic rings. The Morgan fingerprint density at radius 3 is 2.53 bits per heavy atom. The SMILES string of the molecule is CCOC(=O)CCN(CCO)C(=O)C1CCC1. The molecule has 0 saturated heterocycles. The molecule has 5 nitrogen and oxygen atoms in total. The summed E-state index contributed by atoms with van der Waals surface area (Å²) in [6.07, 6.45) is 3.16. The molecule has 0 aromatic carbocycles. The van der Waals surface area contributed by atoms with E-state index in [2.05, 4.69) is 0 Å². The molecule has 0 unspecified atom stereocenters. The van der Waals surface area contributed by atoms with Gasteiger partial charge in [0.25, 0.3) is 0 Å². The molecule has 0 bridgehead atoms. The highest BCUT2D eigenvalue weighted by Crippen LogP contribution is 2.28. The molecule has 0 radical (unpaired) electrons. The average Bonchev–Trinajstić information content (AvgIpc) is 2.22. The lowest BCUT2D eigenvalue weighted by atomic mass is 9.84. The van der Waals surface area contributed by atoms with E-state index in [1.165, 1.54) is 0 Å². The van der Waals surface area contributed by atoms with Crippen LogP contribution in [-0.2, 0) is 14.3 Å². The molecule has 1 aliphatic carbocycles. The van der Waals surface area contributed by atoms with Crippen LogP contribution in [0.5, 0.6) is 0 Å². The third kappa shape index (κ3) is 4.34. The molecule has 0 heterocycles. The summed E-state index contributed by atoms with van der Waals surface area (Å²) in [6, 6.07) is 0. The van der Waals surface area contributed by atoms with Gasteiger partial charge in [-0.25, -0.2) is 0 Å². The monoisotopic (exact) mass is 243 g/mol. The Balaban J connectivity index is 2.36. The Morgan fingerprint density at radius 2 is 2.06 bits per heavy atom. The van der Waals surface area contributed by atoms with E-state index in [4.69, 9.17) is 9.84 Å². The third-order valence-corrected chi connectivity index (χ3v) is 3.03. The summed E-state index contributed by atoms with van der Waals surface area (Å²) in [5.41, 5.74) is 0. The van der Waals surface area contributed by atoms with Crippen LogP contribution in [0.4, 0.5) is 0 Å². The Hall–Kier alpha value is -1.10. The van der Waals surface area contributed by atoms with Gasteiger partial charge in [-0.05, 0) is 19.8 Å². The van der Waals surface area contributed by atoms with Gasteiger partial charge < -0.3 is 14.7 Å². The fourth-order valence-electron chi connectivity index (χ4n) is 1.83. The van der Waals surface area contributed by atoms with Crippen molar-refractivity contribution in [1.29, 1.82) is 0 Å². The maximum absolute atomic E-state index is 11.9. The number of nitrogens with zero attached hydrogens (tertiary/aromatic N) is 1. The topological polar surface area (TPSA) is 66.8 Å². The molecule has 98 valence electrons. The predicted molar refractivity (Wildman–Crippen MR) is 62.3 cm³/mol. The second-order valence-electron chi connectivity index (χ2n) is 4.23. The first-order chi connectivity index (χ1) is 8.19. The second kappa shape index (κ2) is 7.27. The van der Waals surface area contributed by atoms with Gasteiger partial charge in [0.15, 0.2) is 0 Å². The molecule has 1 rings (SSSR count). The molecule has 1 saturated carbocycles. The summed E-state index contributed by atoms with van der Waals surface area (Å²) in [5, 5.41) is 8.92. The molecule has 0 atom stereocenters. The molecule has 0 aromatic rings. The molecular weight excluding hydrogens is 222 g/mol. The van der Waals surface area contributed by atoms with Crippen LogP contribution in [-0.4, -0.2) is 48.2 Å². The van der Waals surface area contributed by atoms with Crippen molar-refractivity contribution in [3.8, 4) is 0 Å². The van der Waals surface area contributed by atoms with Crippen LogP contribution >= 0.6 is 0 Å². The van der Waals surface area contributed by atoms with Crippen molar-refractivity contribution in [1.82, 2.24) is 4.90 Å². The number of esters is 1. The molecule has 5 heteroatoms. The first kappa shape index (κ1) is 14.0. The van der Waals surface area contributed by atoms with E-state index >= 15 is 0 Å². The van der Waals surface area contributed by atoms with Gasteiger partial charge in [-0.2, -0.15) is 0 Å². The van der Waals surface area contributed by atoms with Crippen molar-refractivity contribution in [2.24, 2.45) is 5.92 Å². The number of hydrogen-bond acceptors (Lipinski definition) is 4. The van der Waals surface area contributed by atoms with Gasteiger partial charge in [-0.1, -0.05) is 6.42 Å². The Bertz CT molecular complexity index is 263. The zero-order valence-electron chi connectivity index (χ0n) is 10.4. The fraction of sp³-hybridized carbons (Fsp3) is 0.833. The minimum atomic E-state index is -0.295. The lowest BCUT2D eigenvalue weighted by Gasteiger charge is -2.31. The maximum atomic E-state index is 11.9. The zero-order chi connectivity index (χ0) is 12.7. The minimum Gasteiger partial charge on any atom is -0.466 e. The van der Waals surface area contributed by atoms with Crippen molar-refractivity contribution in [3.05, 3.63) is 0 Å². The van der Waals surface area contributed by atoms with E-state index in [9.17, 15) is 9.59 Å². The zero-order valence-corrected chi connectivity index (χ0v) is 10.4. The van der Waals surface area contributed by atoms with Crippen LogP contribution in [0.25, 0.3) is 0 Å². The molecule has 0 spiro atoms. The molecule has 0 aromatic heterocycles. The van der Waals surface area contributed by atoms with Gasteiger partial charge in [0.2, 0.25) is 5.91 Å². The van der Waals surface area contributed by atoms with Gasteiger partial charge >= 0.3 is 5.97 Å². The highest BCUT2D eigenvalue weighted by atomic mass is 16.5. The smallest absolute Gasteiger partial charge is 0.307 e. The largest absolute Gasteiger partial charge is 0.466 e. The summed E-state index contributed by atoms with van der Waals surface area (Å²) in [4.78, 5) is 24.7. The average molecular weight is 243 g/mol. The maximum Gasteiger partial charge on any atom is 0.307 e. The quantitative estimate of drug-likeness (QED) is 0.663. The number of carbonyl (C=O) groups is 2. The van der Waals surface area contributed by atoms with Crippen LogP contribution in [0, 0.1) is 5.92 Å². The lowest BCUT2D eigenvalue weighted by molar-refractivity contribution is -0.145. The van der Waals surface area contributed by atoms with Gasteiger partial charge in [0.1, 0.15) is 0 Å². The fourth-order valence-corrected chi connectivity index (χ4v) is 1.83. The third-order valence-electron chi connectivity index (χ3n) is 3.03. The second-order valence-corrected chi connectivity index (χ2v) is 4.23. The molecule has 1 N–H and O–H groups in total. The van der Waals surface area contributed by atoms with E-state index in [1.54, 1.807) is 11.8 Å². The van der Waals surface area contributed by atoms with E-state index < -0.39 is 0 Å². The van der Waals surface area contributed by atoms with Gasteiger partial charge in [0.05, 0.1) is 19.6 Å². The number of hydrogen-bond donors (Lipinski definition) is 1. The van der Waals surface area contributed by atoms with E-state index in [1.807, 2.05) is 0 Å². The first-order valence-corrected chi connectivity index (χ1v) is 6.24. The van der Waals surface area contributed by atoms with E-state index in [0.29, 0.717) is 19.7 Å². The molecule has 1 fully saturated rings. The number of aliphatic hydroxyl groups is 1. The van der Waals surface area contributed by atoms with Crippen LogP contribution in [0.15, 0.2) is 0 Å². The van der Waals surface area contributed by atoms with Crippen LogP contribution in [0.2, 0.25) is 0 Å². The molecule has 0 aliphatic heterocycles. The van der Waals surface area contributed by atoms with Crippen molar-refractivity contribution in [2.75, 3.05) is 26.3 Å². The van der Waals surface area contributed by atoms with Crippen LogP contribution in [0.3, 0.4) is 0 Å². The van der Waals surface area contributed by atoms with Gasteiger partial charge in [0, 0.05) is 19.0 Å². The van der Waals surface area contributed by atoms with E-state index in [-0.39, 0.29) is 30.8 Å². The number of carbonyl (C=O) groups excluding carboxylic acids is 2.